The summed E-state index contributed by atoms with van der Waals surface area (Å²) in [5.41, 5.74) is 15.1. The number of aromatic nitrogens is 4. The van der Waals surface area contributed by atoms with Gasteiger partial charge in [-0.15, -0.1) is 0 Å². The Morgan fingerprint density at radius 2 is 0.522 bits per heavy atom. The van der Waals surface area contributed by atoms with Crippen LogP contribution in [0.25, 0.3) is 90.9 Å². The van der Waals surface area contributed by atoms with E-state index in [-0.39, 0.29) is 23.6 Å². The lowest BCUT2D eigenvalue weighted by molar-refractivity contribution is 0.0937. The van der Waals surface area contributed by atoms with Gasteiger partial charge in [0.2, 0.25) is 0 Å². The predicted molar refractivity (Wildman–Crippen MR) is 383 cm³/mol. The first kappa shape index (κ1) is 67.7. The van der Waals surface area contributed by atoms with Crippen LogP contribution in [0.3, 0.4) is 0 Å². The van der Waals surface area contributed by atoms with Gasteiger partial charge in [-0.3, -0.25) is 19.2 Å². The highest BCUT2D eigenvalue weighted by Crippen LogP contribution is 2.39. The molecule has 0 saturated heterocycles. The summed E-state index contributed by atoms with van der Waals surface area (Å²) in [5, 5.41) is 12.9. The van der Waals surface area contributed by atoms with Crippen LogP contribution in [0.4, 0.5) is 0 Å². The van der Waals surface area contributed by atoms with E-state index in [1.807, 2.05) is 121 Å². The molecule has 2 aliphatic rings. The lowest BCUT2D eigenvalue weighted by Gasteiger charge is -2.15. The lowest BCUT2D eigenvalue weighted by atomic mass is 9.99. The Balaban J connectivity index is 1.23. The molecule has 7 aromatic rings. The van der Waals surface area contributed by atoms with Crippen molar-refractivity contribution in [1.82, 2.24) is 41.2 Å². The zero-order valence-corrected chi connectivity index (χ0v) is 55.8. The quantitative estimate of drug-likeness (QED) is 0.0245. The monoisotopic (exact) mass is 1230 g/mol. The molecular weight excluding hydrogens is 1140 g/mol. The van der Waals surface area contributed by atoms with E-state index in [1.54, 1.807) is 0 Å². The number of amides is 4. The number of hydrogen-bond donors (Lipinski definition) is 6. The van der Waals surface area contributed by atoms with Crippen LogP contribution in [0.15, 0.2) is 121 Å². The van der Waals surface area contributed by atoms with Crippen LogP contribution in [-0.2, 0) is 0 Å². The van der Waals surface area contributed by atoms with Gasteiger partial charge in [-0.25, -0.2) is 9.97 Å². The van der Waals surface area contributed by atoms with Crippen LogP contribution < -0.4 is 21.3 Å². The number of unbranched alkanes of at least 4 members (excludes halogenated alkanes) is 4. The van der Waals surface area contributed by atoms with E-state index in [0.29, 0.717) is 94.9 Å². The Labute approximate surface area is 546 Å². The molecule has 4 unspecified atom stereocenters. The van der Waals surface area contributed by atoms with Crippen LogP contribution in [-0.4, -0.2) is 69.7 Å². The fraction of sp³-hybridized carbons (Fsp3) is 0.400. The number of carbonyl (C=O) groups is 4. The third kappa shape index (κ3) is 17.1. The van der Waals surface area contributed by atoms with E-state index < -0.39 is 0 Å². The molecule has 0 fully saturated rings. The van der Waals surface area contributed by atoms with E-state index in [4.69, 9.17) is 9.97 Å². The Morgan fingerprint density at radius 1 is 0.315 bits per heavy atom. The lowest BCUT2D eigenvalue weighted by Crippen LogP contribution is -2.29. The van der Waals surface area contributed by atoms with Crippen molar-refractivity contribution in [3.05, 3.63) is 166 Å². The normalized spacial score (nSPS) is 13.1. The summed E-state index contributed by atoms with van der Waals surface area (Å²) in [5.74, 6) is 1.29. The summed E-state index contributed by atoms with van der Waals surface area (Å²) in [7, 11) is 0. The minimum atomic E-state index is -0.101. The smallest absolute Gasteiger partial charge is 0.251 e. The molecule has 5 heterocycles. The highest BCUT2D eigenvalue weighted by molar-refractivity contribution is 6.02. The van der Waals surface area contributed by atoms with Crippen LogP contribution in [0, 0.1) is 23.7 Å². The van der Waals surface area contributed by atoms with Crippen LogP contribution >= 0.6 is 0 Å². The third-order valence-corrected chi connectivity index (χ3v) is 18.9. The third-order valence-electron chi connectivity index (χ3n) is 18.9. The molecule has 4 amide bonds. The molecule has 4 aromatic carbocycles. The SMILES string of the molecule is CCCCC(CC)CNC(=O)c1ccc(-c2c3nc(c(-c4ccc(C(=O)NCC(CC)CCCC)cc4)c4ccc([nH]4)c(-c4ccc(C(=O)NCC(CC)CCCC)cc4)c4nc(c(-c5ccc(C(=O)NCC(CC)CCCC)cc5)c5ccc2[nH]5)C=C4)C=C3)cc1. The number of aromatic amines is 2. The van der Waals surface area contributed by atoms with Crippen molar-refractivity contribution in [1.29, 1.82) is 0 Å². The van der Waals surface area contributed by atoms with Gasteiger partial charge in [-0.2, -0.15) is 0 Å². The van der Waals surface area contributed by atoms with Crippen LogP contribution in [0.1, 0.15) is 222 Å². The fourth-order valence-electron chi connectivity index (χ4n) is 12.7. The standard InChI is InChI=1S/C80H98N8O4/c1-9-17-21-53(13-5)49-81-77(89)61-33-25-57(26-34-61)73-65-41-43-67(85-65)74(58-27-35-62(36-28-58)78(90)82-50-54(14-6)22-18-10-2)69-45-47-71(87-69)76(60-31-39-64(40-32-60)80(92)84-52-56(16-8)24-20-12-4)72-48-46-70(88-72)75(68-44-42-66(73)86-68)59-29-37-63(38-30-59)79(91)83-51-55(15-7)23-19-11-3/h25-48,53-56,85,88H,9-24,49-52H2,1-8H3,(H,81,89)(H,82,90)(H,83,91)(H,84,92). The number of nitrogens with zero attached hydrogens (tertiary/aromatic N) is 2. The summed E-state index contributed by atoms with van der Waals surface area (Å²) in [4.78, 5) is 73.9. The van der Waals surface area contributed by atoms with Gasteiger partial charge in [-0.1, -0.05) is 181 Å². The van der Waals surface area contributed by atoms with E-state index in [0.717, 1.165) is 169 Å². The number of carbonyl (C=O) groups excluding carboxylic acids is 4. The van der Waals surface area contributed by atoms with E-state index in [1.165, 1.54) is 0 Å². The van der Waals surface area contributed by atoms with Gasteiger partial charge in [0.1, 0.15) is 0 Å². The molecule has 0 aliphatic carbocycles. The van der Waals surface area contributed by atoms with Crippen molar-refractivity contribution in [2.75, 3.05) is 26.2 Å². The van der Waals surface area contributed by atoms with Gasteiger partial charge in [0.25, 0.3) is 23.6 Å². The second-order valence-electron chi connectivity index (χ2n) is 25.3. The van der Waals surface area contributed by atoms with Gasteiger partial charge < -0.3 is 31.2 Å². The van der Waals surface area contributed by atoms with Crippen LogP contribution in [0.2, 0.25) is 0 Å². The maximum Gasteiger partial charge on any atom is 0.251 e. The Kier molecular flexibility index (Phi) is 24.7. The largest absolute Gasteiger partial charge is 0.354 e. The van der Waals surface area contributed by atoms with Crippen molar-refractivity contribution in [2.45, 2.75) is 158 Å². The summed E-state index contributed by atoms with van der Waals surface area (Å²) in [6.45, 7) is 20.1. The molecule has 12 heteroatoms. The molecule has 482 valence electrons. The topological polar surface area (TPSA) is 174 Å². The number of benzene rings is 4. The number of rotatable bonds is 32. The summed E-state index contributed by atoms with van der Waals surface area (Å²) in [6.07, 6.45) is 25.6. The minimum absolute atomic E-state index is 0.101. The first-order valence-corrected chi connectivity index (χ1v) is 34.6. The maximum absolute atomic E-state index is 13.8. The van der Waals surface area contributed by atoms with E-state index >= 15 is 0 Å². The van der Waals surface area contributed by atoms with Gasteiger partial charge in [0.15, 0.2) is 0 Å². The molecule has 6 N–H and O–H groups in total. The van der Waals surface area contributed by atoms with Gasteiger partial charge >= 0.3 is 0 Å². The average molecular weight is 1240 g/mol. The average Bonchev–Trinajstić information content (AvgIpc) is 1.69. The first-order chi connectivity index (χ1) is 44.9. The number of nitrogens with one attached hydrogen (secondary N) is 6. The molecular formula is C80H98N8O4. The summed E-state index contributed by atoms with van der Waals surface area (Å²) in [6, 6.07) is 39.5. The van der Waals surface area contributed by atoms with Gasteiger partial charge in [0.05, 0.1) is 22.8 Å². The summed E-state index contributed by atoms with van der Waals surface area (Å²) >= 11 is 0. The molecule has 4 atom stereocenters. The predicted octanol–water partition coefficient (Wildman–Crippen LogP) is 19.1. The minimum Gasteiger partial charge on any atom is -0.354 e. The zero-order valence-electron chi connectivity index (χ0n) is 55.8. The van der Waals surface area contributed by atoms with Gasteiger partial charge in [0, 0.05) is 92.8 Å². The molecule has 0 spiro atoms. The van der Waals surface area contributed by atoms with Crippen molar-refractivity contribution < 1.29 is 19.2 Å². The maximum atomic E-state index is 13.8. The molecule has 0 radical (unpaired) electrons. The number of hydrogen-bond acceptors (Lipinski definition) is 6. The molecule has 0 saturated carbocycles. The number of H-pyrrole nitrogens is 2. The first-order valence-electron chi connectivity index (χ1n) is 34.6. The Bertz CT molecular complexity index is 3360. The molecule has 8 bridgehead atoms. The fourth-order valence-corrected chi connectivity index (χ4v) is 12.7. The van der Waals surface area contributed by atoms with Crippen LogP contribution in [0.5, 0.6) is 0 Å². The highest BCUT2D eigenvalue weighted by Gasteiger charge is 2.22. The molecule has 12 nitrogen and oxygen atoms in total. The molecule has 2 aliphatic heterocycles. The second kappa shape index (κ2) is 33.6. The van der Waals surface area contributed by atoms with Crippen molar-refractivity contribution in [3.63, 3.8) is 0 Å². The number of fused-ring (bicyclic) bond motifs is 8. The highest BCUT2D eigenvalue weighted by atomic mass is 16.2. The molecule has 3 aromatic heterocycles. The van der Waals surface area contributed by atoms with E-state index in [2.05, 4.69) is 111 Å². The van der Waals surface area contributed by atoms with Crippen molar-refractivity contribution in [2.24, 2.45) is 23.7 Å². The van der Waals surface area contributed by atoms with Crippen molar-refractivity contribution >= 4 is 70.0 Å². The van der Waals surface area contributed by atoms with Gasteiger partial charge in [-0.05, 0) is 169 Å². The second-order valence-corrected chi connectivity index (χ2v) is 25.3. The molecule has 92 heavy (non-hydrogen) atoms. The van der Waals surface area contributed by atoms with E-state index in [9.17, 15) is 19.2 Å². The van der Waals surface area contributed by atoms with Crippen molar-refractivity contribution in [3.8, 4) is 44.5 Å². The zero-order chi connectivity index (χ0) is 64.9. The Hall–Kier alpha value is -8.64. The molecule has 9 rings (SSSR count). The Morgan fingerprint density at radius 3 is 0.707 bits per heavy atom. The summed E-state index contributed by atoms with van der Waals surface area (Å²) < 4.78 is 0.